The van der Waals surface area contributed by atoms with Gasteiger partial charge in [-0.15, -0.1) is 11.8 Å². The molecule has 0 fully saturated rings. The number of nitrogens with zero attached hydrogens (tertiary/aromatic N) is 1. The molecule has 1 nitrogen and oxygen atoms in total. The van der Waals surface area contributed by atoms with E-state index in [4.69, 9.17) is 0 Å². The van der Waals surface area contributed by atoms with E-state index >= 15 is 0 Å². The smallest absolute Gasteiger partial charge is 0.0104 e. The van der Waals surface area contributed by atoms with Gasteiger partial charge in [0, 0.05) is 4.90 Å². The molecule has 1 aromatic rings. The minimum absolute atomic E-state index is 1.21. The third-order valence-corrected chi connectivity index (χ3v) is 3.69. The van der Waals surface area contributed by atoms with Gasteiger partial charge in [-0.05, 0) is 57.3 Å². The molecule has 0 spiro atoms. The highest BCUT2D eigenvalue weighted by Crippen LogP contribution is 2.28. The number of rotatable bonds is 2. The van der Waals surface area contributed by atoms with E-state index in [1.807, 2.05) is 11.8 Å². The average molecular weight is 237 g/mol. The molecule has 1 aromatic carbocycles. The molecule has 0 unspecified atom stereocenters. The molecule has 1 aliphatic rings. The molecule has 0 aliphatic carbocycles. The van der Waals surface area contributed by atoms with Gasteiger partial charge < -0.3 is 4.90 Å². The van der Waals surface area contributed by atoms with Crippen LogP contribution >= 0.6 is 11.8 Å². The van der Waals surface area contributed by atoms with Gasteiger partial charge in [0.1, 0.15) is 0 Å². The van der Waals surface area contributed by atoms with Crippen molar-refractivity contribution in [2.24, 2.45) is 0 Å². The highest BCUT2D eigenvalue weighted by Gasteiger charge is 2.06. The molecular formula is C14H23NS. The zero-order chi connectivity index (χ0) is 11.8. The summed E-state index contributed by atoms with van der Waals surface area (Å²) in [5, 5.41) is 0. The Kier molecular flexibility index (Phi) is 6.58. The van der Waals surface area contributed by atoms with Crippen molar-refractivity contribution in [1.29, 1.82) is 0 Å². The standard InChI is InChI=1S/C9H10S.C5H13N/c1-2-6-9-8(4-1)5-3-7-10-9;1-4-5-6(2)3/h1-2,4,6H,3,5,7H2;4-5H2,1-3H3. The van der Waals surface area contributed by atoms with E-state index < -0.39 is 0 Å². The average Bonchev–Trinajstić information content (AvgIpc) is 2.30. The second kappa shape index (κ2) is 7.75. The van der Waals surface area contributed by atoms with Crippen LogP contribution in [0.3, 0.4) is 0 Å². The van der Waals surface area contributed by atoms with Crippen LogP contribution in [-0.4, -0.2) is 31.3 Å². The van der Waals surface area contributed by atoms with Crippen LogP contribution < -0.4 is 0 Å². The Labute approximate surface area is 104 Å². The van der Waals surface area contributed by atoms with Crippen LogP contribution in [0.1, 0.15) is 25.3 Å². The maximum atomic E-state index is 2.24. The van der Waals surface area contributed by atoms with Crippen molar-refractivity contribution >= 4 is 11.8 Å². The van der Waals surface area contributed by atoms with Gasteiger partial charge in [-0.3, -0.25) is 0 Å². The van der Waals surface area contributed by atoms with Gasteiger partial charge in [-0.25, -0.2) is 0 Å². The number of fused-ring (bicyclic) bond motifs is 1. The van der Waals surface area contributed by atoms with Gasteiger partial charge in [0.2, 0.25) is 0 Å². The van der Waals surface area contributed by atoms with E-state index in [0.29, 0.717) is 0 Å². The lowest BCUT2D eigenvalue weighted by molar-refractivity contribution is 0.408. The fraction of sp³-hybridized carbons (Fsp3) is 0.571. The second-order valence-electron chi connectivity index (χ2n) is 4.36. The molecule has 0 radical (unpaired) electrons. The maximum absolute atomic E-state index is 2.24. The highest BCUT2D eigenvalue weighted by molar-refractivity contribution is 7.99. The van der Waals surface area contributed by atoms with Crippen molar-refractivity contribution in [3.63, 3.8) is 0 Å². The van der Waals surface area contributed by atoms with Crippen LogP contribution in [0.5, 0.6) is 0 Å². The Morgan fingerprint density at radius 3 is 2.56 bits per heavy atom. The van der Waals surface area contributed by atoms with Crippen molar-refractivity contribution in [2.75, 3.05) is 26.4 Å². The largest absolute Gasteiger partial charge is 0.309 e. The van der Waals surface area contributed by atoms with E-state index in [2.05, 4.69) is 50.2 Å². The molecule has 0 saturated carbocycles. The SMILES string of the molecule is CCCN(C)C.c1ccc2c(c1)CCCS2. The summed E-state index contributed by atoms with van der Waals surface area (Å²) >= 11 is 1.99. The quantitative estimate of drug-likeness (QED) is 0.772. The van der Waals surface area contributed by atoms with E-state index in [9.17, 15) is 0 Å². The van der Waals surface area contributed by atoms with E-state index in [-0.39, 0.29) is 0 Å². The van der Waals surface area contributed by atoms with Gasteiger partial charge in [-0.1, -0.05) is 25.1 Å². The fourth-order valence-electron chi connectivity index (χ4n) is 1.74. The fourth-order valence-corrected chi connectivity index (χ4v) is 2.78. The third kappa shape index (κ3) is 5.04. The molecule has 0 bridgehead atoms. The highest BCUT2D eigenvalue weighted by atomic mass is 32.2. The predicted octanol–water partition coefficient (Wildman–Crippen LogP) is 3.68. The first-order valence-corrected chi connectivity index (χ1v) is 7.08. The number of aryl methyl sites for hydroxylation is 1. The topological polar surface area (TPSA) is 3.24 Å². The van der Waals surface area contributed by atoms with Crippen LogP contribution in [0.2, 0.25) is 0 Å². The Morgan fingerprint density at radius 2 is 2.00 bits per heavy atom. The summed E-state index contributed by atoms with van der Waals surface area (Å²) in [6, 6.07) is 8.71. The minimum Gasteiger partial charge on any atom is -0.309 e. The Morgan fingerprint density at radius 1 is 1.25 bits per heavy atom. The first-order valence-electron chi connectivity index (χ1n) is 6.09. The summed E-state index contributed by atoms with van der Waals surface area (Å²) in [6.07, 6.45) is 3.89. The van der Waals surface area contributed by atoms with Gasteiger partial charge in [-0.2, -0.15) is 0 Å². The monoisotopic (exact) mass is 237 g/mol. The first kappa shape index (κ1) is 13.6. The Hall–Kier alpha value is -0.470. The van der Waals surface area contributed by atoms with Crippen molar-refractivity contribution in [3.05, 3.63) is 29.8 Å². The lowest BCUT2D eigenvalue weighted by atomic mass is 10.1. The molecule has 0 amide bonds. The second-order valence-corrected chi connectivity index (χ2v) is 5.50. The summed E-state index contributed by atoms with van der Waals surface area (Å²) in [7, 11) is 4.17. The van der Waals surface area contributed by atoms with Crippen molar-refractivity contribution in [2.45, 2.75) is 31.1 Å². The van der Waals surface area contributed by atoms with Crippen LogP contribution in [0, 0.1) is 0 Å². The van der Waals surface area contributed by atoms with Crippen molar-refractivity contribution in [1.82, 2.24) is 4.90 Å². The van der Waals surface area contributed by atoms with Gasteiger partial charge in [0.25, 0.3) is 0 Å². The molecule has 0 atom stereocenters. The molecule has 2 heteroatoms. The van der Waals surface area contributed by atoms with Crippen LogP contribution in [0.15, 0.2) is 29.2 Å². The van der Waals surface area contributed by atoms with Gasteiger partial charge in [0.15, 0.2) is 0 Å². The van der Waals surface area contributed by atoms with E-state index in [1.54, 1.807) is 5.56 Å². The van der Waals surface area contributed by atoms with Crippen LogP contribution in [-0.2, 0) is 6.42 Å². The van der Waals surface area contributed by atoms with E-state index in [0.717, 1.165) is 0 Å². The Bertz CT molecular complexity index is 272. The molecule has 1 aliphatic heterocycles. The summed E-state index contributed by atoms with van der Waals surface area (Å²) in [4.78, 5) is 3.67. The van der Waals surface area contributed by atoms with Crippen LogP contribution in [0.25, 0.3) is 0 Å². The summed E-state index contributed by atoms with van der Waals surface area (Å²) in [5.41, 5.74) is 1.54. The number of hydrogen-bond acceptors (Lipinski definition) is 2. The van der Waals surface area contributed by atoms with Gasteiger partial charge in [0.05, 0.1) is 0 Å². The van der Waals surface area contributed by atoms with Crippen LogP contribution in [0.4, 0.5) is 0 Å². The maximum Gasteiger partial charge on any atom is 0.0104 e. The molecular weight excluding hydrogens is 214 g/mol. The number of thioether (sulfide) groups is 1. The van der Waals surface area contributed by atoms with E-state index in [1.165, 1.54) is 36.5 Å². The number of benzene rings is 1. The molecule has 16 heavy (non-hydrogen) atoms. The molecule has 1 heterocycles. The lowest BCUT2D eigenvalue weighted by Crippen LogP contribution is -2.11. The molecule has 0 aromatic heterocycles. The first-order chi connectivity index (χ1) is 7.74. The summed E-state index contributed by atoms with van der Waals surface area (Å²) in [6.45, 7) is 3.39. The molecule has 90 valence electrons. The van der Waals surface area contributed by atoms with Gasteiger partial charge >= 0.3 is 0 Å². The zero-order valence-corrected chi connectivity index (χ0v) is 11.5. The lowest BCUT2D eigenvalue weighted by Gasteiger charge is -2.13. The zero-order valence-electron chi connectivity index (χ0n) is 10.7. The molecule has 2 rings (SSSR count). The Balaban J connectivity index is 0.000000187. The molecule has 0 saturated heterocycles. The third-order valence-electron chi connectivity index (χ3n) is 2.49. The van der Waals surface area contributed by atoms with Crippen molar-refractivity contribution in [3.8, 4) is 0 Å². The summed E-state index contributed by atoms with van der Waals surface area (Å²) < 4.78 is 0. The minimum atomic E-state index is 1.21. The normalized spacial score (nSPS) is 14.0. The van der Waals surface area contributed by atoms with Crippen molar-refractivity contribution < 1.29 is 0 Å². The predicted molar refractivity (Wildman–Crippen MR) is 74.3 cm³/mol. The summed E-state index contributed by atoms with van der Waals surface area (Å²) in [5.74, 6) is 1.30. The number of hydrogen-bond donors (Lipinski definition) is 0. The molecule has 0 N–H and O–H groups in total.